The molecular formula is C16H17N5O2. The van der Waals surface area contributed by atoms with Crippen LogP contribution < -0.4 is 5.32 Å². The Kier molecular flexibility index (Phi) is 3.92. The molecule has 7 nitrogen and oxygen atoms in total. The molecular weight excluding hydrogens is 294 g/mol. The van der Waals surface area contributed by atoms with Gasteiger partial charge in [0.05, 0.1) is 11.1 Å². The molecule has 0 aliphatic rings. The molecule has 0 aliphatic heterocycles. The molecule has 3 rings (SSSR count). The van der Waals surface area contributed by atoms with Crippen LogP contribution in [0.3, 0.4) is 0 Å². The first-order valence-electron chi connectivity index (χ1n) is 7.31. The van der Waals surface area contributed by atoms with Gasteiger partial charge in [0.25, 0.3) is 5.69 Å². The second-order valence-electron chi connectivity index (χ2n) is 5.44. The quantitative estimate of drug-likeness (QED) is 0.578. The summed E-state index contributed by atoms with van der Waals surface area (Å²) in [5.74, 6) is 0. The van der Waals surface area contributed by atoms with Crippen LogP contribution in [0.2, 0.25) is 0 Å². The van der Waals surface area contributed by atoms with E-state index in [1.165, 1.54) is 6.07 Å². The van der Waals surface area contributed by atoms with Gasteiger partial charge in [0, 0.05) is 42.6 Å². The number of para-hydroxylation sites is 1. The minimum atomic E-state index is -0.395. The first kappa shape index (κ1) is 15.0. The molecule has 23 heavy (non-hydrogen) atoms. The van der Waals surface area contributed by atoms with Crippen LogP contribution in [0, 0.1) is 17.0 Å². The summed E-state index contributed by atoms with van der Waals surface area (Å²) < 4.78 is 1.77. The molecule has 0 fully saturated rings. The van der Waals surface area contributed by atoms with Gasteiger partial charge >= 0.3 is 0 Å². The number of nitro benzene ring substituents is 1. The number of hydrogen-bond donors (Lipinski definition) is 1. The molecule has 0 saturated carbocycles. The molecule has 2 aromatic heterocycles. The molecule has 0 aliphatic carbocycles. The predicted molar refractivity (Wildman–Crippen MR) is 88.5 cm³/mol. The van der Waals surface area contributed by atoms with Crippen LogP contribution in [0.5, 0.6) is 0 Å². The van der Waals surface area contributed by atoms with Crippen LogP contribution in [0.1, 0.15) is 11.3 Å². The van der Waals surface area contributed by atoms with Crippen molar-refractivity contribution in [2.75, 3.05) is 11.9 Å². The summed E-state index contributed by atoms with van der Waals surface area (Å²) in [6.07, 6.45) is 4.64. The molecule has 0 atom stereocenters. The summed E-state index contributed by atoms with van der Waals surface area (Å²) in [6, 6.07) is 6.93. The van der Waals surface area contributed by atoms with Crippen LogP contribution in [-0.2, 0) is 13.5 Å². The van der Waals surface area contributed by atoms with Crippen LogP contribution in [0.4, 0.5) is 11.4 Å². The van der Waals surface area contributed by atoms with Crippen molar-refractivity contribution < 1.29 is 4.92 Å². The van der Waals surface area contributed by atoms with Crippen molar-refractivity contribution in [3.63, 3.8) is 0 Å². The molecule has 0 saturated heterocycles. The second-order valence-corrected chi connectivity index (χ2v) is 5.44. The molecule has 0 spiro atoms. The average Bonchev–Trinajstić information content (AvgIpc) is 2.91. The van der Waals surface area contributed by atoms with Gasteiger partial charge in [-0.05, 0) is 25.0 Å². The fourth-order valence-corrected chi connectivity index (χ4v) is 2.60. The molecule has 0 amide bonds. The van der Waals surface area contributed by atoms with E-state index in [1.807, 2.05) is 38.5 Å². The number of fused-ring (bicyclic) bond motifs is 1. The molecule has 0 radical (unpaired) electrons. The minimum absolute atomic E-state index is 0.0292. The smallest absolute Gasteiger partial charge is 0.295 e. The van der Waals surface area contributed by atoms with E-state index < -0.39 is 4.92 Å². The van der Waals surface area contributed by atoms with Crippen LogP contribution in [0.15, 0.2) is 36.7 Å². The monoisotopic (exact) mass is 311 g/mol. The molecule has 0 unspecified atom stereocenters. The van der Waals surface area contributed by atoms with Gasteiger partial charge in [-0.25, -0.2) is 4.98 Å². The highest BCUT2D eigenvalue weighted by Gasteiger charge is 2.15. The largest absolute Gasteiger partial charge is 0.384 e. The number of pyridine rings is 1. The van der Waals surface area contributed by atoms with Crippen LogP contribution in [-0.4, -0.2) is 26.2 Å². The van der Waals surface area contributed by atoms with E-state index in [0.717, 1.165) is 28.8 Å². The summed E-state index contributed by atoms with van der Waals surface area (Å²) in [7, 11) is 1.88. The Morgan fingerprint density at radius 3 is 2.91 bits per heavy atom. The summed E-state index contributed by atoms with van der Waals surface area (Å²) in [4.78, 5) is 15.1. The molecule has 1 aromatic carbocycles. The molecule has 7 heteroatoms. The Labute approximate surface area is 133 Å². The highest BCUT2D eigenvalue weighted by molar-refractivity contribution is 5.96. The zero-order valence-electron chi connectivity index (χ0n) is 13.0. The maximum Gasteiger partial charge on any atom is 0.295 e. The first-order valence-corrected chi connectivity index (χ1v) is 7.31. The summed E-state index contributed by atoms with van der Waals surface area (Å²) in [6.45, 7) is 2.55. The van der Waals surface area contributed by atoms with Crippen molar-refractivity contribution in [2.24, 2.45) is 7.05 Å². The standard InChI is InChI=1S/C16H17N5O2/c1-11-8-14(17-7-6-12-9-18-20(2)10-12)13-4-3-5-15(21(22)23)16(13)19-11/h3-5,8-10H,6-7H2,1-2H3,(H,17,19). The third kappa shape index (κ3) is 3.13. The molecule has 2 heterocycles. The van der Waals surface area contributed by atoms with Gasteiger partial charge in [-0.3, -0.25) is 14.8 Å². The Hall–Kier alpha value is -2.96. The average molecular weight is 311 g/mol. The van der Waals surface area contributed by atoms with Crippen LogP contribution in [0.25, 0.3) is 10.9 Å². The number of nitrogens with one attached hydrogen (secondary N) is 1. The van der Waals surface area contributed by atoms with Gasteiger partial charge in [0.15, 0.2) is 5.52 Å². The van der Waals surface area contributed by atoms with E-state index in [-0.39, 0.29) is 5.69 Å². The van der Waals surface area contributed by atoms with Gasteiger partial charge in [0.1, 0.15) is 0 Å². The lowest BCUT2D eigenvalue weighted by Crippen LogP contribution is -2.06. The lowest BCUT2D eigenvalue weighted by Gasteiger charge is -2.10. The van der Waals surface area contributed by atoms with E-state index in [4.69, 9.17) is 0 Å². The number of nitro groups is 1. The number of hydrogen-bond acceptors (Lipinski definition) is 5. The number of nitrogens with zero attached hydrogens (tertiary/aromatic N) is 4. The van der Waals surface area contributed by atoms with E-state index in [0.29, 0.717) is 12.1 Å². The van der Waals surface area contributed by atoms with Gasteiger partial charge < -0.3 is 5.32 Å². The highest BCUT2D eigenvalue weighted by atomic mass is 16.6. The number of rotatable bonds is 5. The number of benzene rings is 1. The Morgan fingerprint density at radius 1 is 1.39 bits per heavy atom. The zero-order valence-corrected chi connectivity index (χ0v) is 13.0. The molecule has 118 valence electrons. The SMILES string of the molecule is Cc1cc(NCCc2cnn(C)c2)c2cccc([N+](=O)[O-])c2n1. The second kappa shape index (κ2) is 6.04. The normalized spacial score (nSPS) is 10.9. The van der Waals surface area contributed by atoms with Crippen molar-refractivity contribution in [3.05, 3.63) is 58.0 Å². The van der Waals surface area contributed by atoms with E-state index >= 15 is 0 Å². The summed E-state index contributed by atoms with van der Waals surface area (Å²) >= 11 is 0. The molecule has 3 aromatic rings. The van der Waals surface area contributed by atoms with Gasteiger partial charge in [-0.2, -0.15) is 5.10 Å². The highest BCUT2D eigenvalue weighted by Crippen LogP contribution is 2.29. The Morgan fingerprint density at radius 2 is 2.22 bits per heavy atom. The van der Waals surface area contributed by atoms with E-state index in [9.17, 15) is 10.1 Å². The maximum absolute atomic E-state index is 11.2. The van der Waals surface area contributed by atoms with Gasteiger partial charge in [-0.15, -0.1) is 0 Å². The molecule has 0 bridgehead atoms. The number of aromatic nitrogens is 3. The lowest BCUT2D eigenvalue weighted by molar-refractivity contribution is -0.383. The Bertz CT molecular complexity index is 872. The van der Waals surface area contributed by atoms with Crippen molar-refractivity contribution in [1.29, 1.82) is 0 Å². The fraction of sp³-hybridized carbons (Fsp3) is 0.250. The lowest BCUT2D eigenvalue weighted by atomic mass is 10.1. The topological polar surface area (TPSA) is 85.9 Å². The third-order valence-electron chi connectivity index (χ3n) is 3.63. The van der Waals surface area contributed by atoms with E-state index in [1.54, 1.807) is 10.7 Å². The summed E-state index contributed by atoms with van der Waals surface area (Å²) in [5.41, 5.74) is 3.19. The zero-order chi connectivity index (χ0) is 16.4. The number of anilines is 1. The third-order valence-corrected chi connectivity index (χ3v) is 3.63. The van der Waals surface area contributed by atoms with E-state index in [2.05, 4.69) is 15.4 Å². The molecule has 1 N–H and O–H groups in total. The van der Waals surface area contributed by atoms with Gasteiger partial charge in [0.2, 0.25) is 0 Å². The van der Waals surface area contributed by atoms with Gasteiger partial charge in [-0.1, -0.05) is 12.1 Å². The summed E-state index contributed by atoms with van der Waals surface area (Å²) in [5, 5.41) is 19.4. The Balaban J connectivity index is 1.88. The number of aryl methyl sites for hydroxylation is 2. The van der Waals surface area contributed by atoms with Crippen molar-refractivity contribution in [3.8, 4) is 0 Å². The van der Waals surface area contributed by atoms with Crippen molar-refractivity contribution in [2.45, 2.75) is 13.3 Å². The van der Waals surface area contributed by atoms with Crippen molar-refractivity contribution >= 4 is 22.3 Å². The fourth-order valence-electron chi connectivity index (χ4n) is 2.60. The predicted octanol–water partition coefficient (Wildman–Crippen LogP) is 2.84. The minimum Gasteiger partial charge on any atom is -0.384 e. The maximum atomic E-state index is 11.2. The van der Waals surface area contributed by atoms with Crippen LogP contribution >= 0.6 is 0 Å². The number of non-ortho nitro benzene ring substituents is 1. The van der Waals surface area contributed by atoms with Crippen molar-refractivity contribution in [1.82, 2.24) is 14.8 Å². The first-order chi connectivity index (χ1) is 11.0.